The van der Waals surface area contributed by atoms with Crippen molar-refractivity contribution in [1.29, 1.82) is 0 Å². The fourth-order valence-electron chi connectivity index (χ4n) is 8.34. The fourth-order valence-corrected chi connectivity index (χ4v) is 9.10. The van der Waals surface area contributed by atoms with E-state index >= 15 is 0 Å². The number of carbonyl (C=O) groups is 5. The molecule has 494 valence electrons. The number of nitrogens with one attached hydrogen (secondary N) is 4. The first-order valence-corrected chi connectivity index (χ1v) is 34.2. The molecule has 0 heterocycles. The van der Waals surface area contributed by atoms with Gasteiger partial charge in [0.1, 0.15) is 6.29 Å². The lowest BCUT2D eigenvalue weighted by Crippen LogP contribution is -2.37. The zero-order valence-electron chi connectivity index (χ0n) is 56.0. The van der Waals surface area contributed by atoms with E-state index < -0.39 is 13.7 Å². The first-order valence-electron chi connectivity index (χ1n) is 32.7. The van der Waals surface area contributed by atoms with Crippen LogP contribution in [0.1, 0.15) is 262 Å². The van der Waals surface area contributed by atoms with Crippen molar-refractivity contribution in [3.05, 3.63) is 83.1 Å². The number of carbonyl (C=O) groups excluding carboxylic acids is 5. The number of ether oxygens (including phenoxy) is 1. The number of amides is 3. The molecule has 0 aromatic rings. The Morgan fingerprint density at radius 2 is 1.00 bits per heavy atom. The molecule has 6 N–H and O–H groups in total. The molecule has 0 radical (unpaired) electrons. The highest BCUT2D eigenvalue weighted by Gasteiger charge is 2.21. The Hall–Kier alpha value is -4.24. The summed E-state index contributed by atoms with van der Waals surface area (Å²) in [6, 6.07) is 0. The lowest BCUT2D eigenvalue weighted by Gasteiger charge is -2.26. The number of hydrogen-bond donors (Lipinski definition) is 6. The topological polar surface area (TPSA) is 219 Å². The maximum Gasteiger partial charge on any atom is 0.472 e. The van der Waals surface area contributed by atoms with Crippen molar-refractivity contribution in [3.8, 4) is 0 Å². The van der Waals surface area contributed by atoms with Crippen LogP contribution in [0.25, 0.3) is 0 Å². The fraction of sp³-hybridized carbons (Fsp3) is 0.725. The summed E-state index contributed by atoms with van der Waals surface area (Å²) >= 11 is 0. The van der Waals surface area contributed by atoms with Crippen molar-refractivity contribution in [2.24, 2.45) is 5.41 Å². The highest BCUT2D eigenvalue weighted by Crippen LogP contribution is 2.43. The van der Waals surface area contributed by atoms with Crippen LogP contribution < -0.4 is 21.3 Å². The van der Waals surface area contributed by atoms with Crippen LogP contribution in [0.15, 0.2) is 83.1 Å². The summed E-state index contributed by atoms with van der Waals surface area (Å²) in [5.41, 5.74) is 4.68. The number of aliphatic hydroxyl groups excluding tert-OH is 1. The largest absolute Gasteiger partial charge is 0.472 e. The Kier molecular flexibility index (Phi) is 67.4. The zero-order chi connectivity index (χ0) is 64.5. The zero-order valence-corrected chi connectivity index (χ0v) is 56.9. The molecule has 0 bridgehead atoms. The second kappa shape index (κ2) is 65.7. The number of esters is 1. The van der Waals surface area contributed by atoms with Crippen LogP contribution in [0.5, 0.6) is 0 Å². The Bertz CT molecular complexity index is 1880. The van der Waals surface area contributed by atoms with Crippen LogP contribution in [0, 0.1) is 5.41 Å². The van der Waals surface area contributed by atoms with Crippen molar-refractivity contribution in [1.82, 2.24) is 21.3 Å². The van der Waals surface area contributed by atoms with Gasteiger partial charge in [-0.1, -0.05) is 223 Å². The first kappa shape index (κ1) is 87.2. The molecule has 3 amide bonds. The van der Waals surface area contributed by atoms with Gasteiger partial charge in [0.25, 0.3) is 0 Å². The Balaban J connectivity index is -0.000000599. The number of phosphoric ester groups is 1. The third-order valence-electron chi connectivity index (χ3n) is 13.6. The van der Waals surface area contributed by atoms with E-state index in [0.717, 1.165) is 50.4 Å². The van der Waals surface area contributed by atoms with Gasteiger partial charge in [-0.15, -0.1) is 0 Å². The van der Waals surface area contributed by atoms with Crippen molar-refractivity contribution < 1.29 is 52.3 Å². The number of allylic oxidation sites excluding steroid dienone is 13. The van der Waals surface area contributed by atoms with E-state index in [1.807, 2.05) is 32.1 Å². The van der Waals surface area contributed by atoms with Crippen molar-refractivity contribution in [2.45, 2.75) is 262 Å². The lowest BCUT2D eigenvalue weighted by molar-refractivity contribution is -0.144. The Morgan fingerprint density at radius 1 is 0.541 bits per heavy atom. The van der Waals surface area contributed by atoms with E-state index in [4.69, 9.17) is 18.9 Å². The predicted octanol–water partition coefficient (Wildman–Crippen LogP) is 16.3. The van der Waals surface area contributed by atoms with Crippen molar-refractivity contribution >= 4 is 37.8 Å². The van der Waals surface area contributed by atoms with Gasteiger partial charge >= 0.3 is 13.8 Å². The molecule has 1 atom stereocenters. The minimum absolute atomic E-state index is 0.0580. The van der Waals surface area contributed by atoms with Gasteiger partial charge in [-0.3, -0.25) is 28.2 Å². The van der Waals surface area contributed by atoms with E-state index in [-0.39, 0.29) is 69.2 Å². The van der Waals surface area contributed by atoms with E-state index in [2.05, 4.69) is 113 Å². The number of phosphoric acid groups is 1. The summed E-state index contributed by atoms with van der Waals surface area (Å²) in [7, 11) is -1.55. The first-order chi connectivity index (χ1) is 40.9. The molecule has 0 saturated heterocycles. The standard InChI is InChI=1S/C26H51N2O7P.C24H36N2O3.C18H36.CH4O/c1-3-4-5-6-7-8-9-10-11-12-13-14-15-16-17-19-26(30)33-21-18-22-34-36(31,32)35-23-20-28-25(29)24-27-2;1-8-24(6,7)21(18(2)3)13-12-19(4)10-9-11-20(5)16-22(28)26-17-23(29)25-14-15-27;1-3-5-7-9-11-13-15-17-18-16-14-12-10-8-6-4-2;1-2/h10-11,27H,3-9,12-24H2,1-2H3,(H,28,29)(H,31,32);9-13,15-16H,8,14,17H2,1-7H3,(H,25,29)(H,26,28);17-18H,3-16H2,1-2H3;2H,1H3/b11-10-;11-9+,13-12+,19-10+,20-16+;18-17-;. The smallest absolute Gasteiger partial charge is 0.466 e. The monoisotopic (exact) mass is 1220 g/mol. The molecule has 0 aliphatic carbocycles. The normalized spacial score (nSPS) is 12.4. The summed E-state index contributed by atoms with van der Waals surface area (Å²) < 4.78 is 26.4. The molecule has 0 saturated carbocycles. The average molecular weight is 1220 g/mol. The van der Waals surface area contributed by atoms with Crippen molar-refractivity contribution in [3.63, 3.8) is 0 Å². The Labute approximate surface area is 519 Å². The number of aliphatic hydroxyl groups is 1. The molecular formula is C69H127N4O11P. The van der Waals surface area contributed by atoms with Crippen molar-refractivity contribution in [2.75, 3.05) is 60.2 Å². The lowest BCUT2D eigenvalue weighted by atomic mass is 9.79. The van der Waals surface area contributed by atoms with E-state index in [1.54, 1.807) is 7.05 Å². The second-order valence-electron chi connectivity index (χ2n) is 22.3. The maximum atomic E-state index is 11.8. The van der Waals surface area contributed by atoms with Gasteiger partial charge in [0, 0.05) is 32.6 Å². The van der Waals surface area contributed by atoms with Crippen LogP contribution >= 0.6 is 7.82 Å². The number of unbranched alkanes of at least 4 members (excludes halogenated alkanes) is 23. The molecule has 85 heavy (non-hydrogen) atoms. The van der Waals surface area contributed by atoms with E-state index in [0.29, 0.717) is 19.1 Å². The minimum atomic E-state index is -4.19. The van der Waals surface area contributed by atoms with Gasteiger partial charge in [0.15, 0.2) is 0 Å². The molecule has 0 aromatic heterocycles. The van der Waals surface area contributed by atoms with E-state index in [1.165, 1.54) is 165 Å². The molecular weight excluding hydrogens is 1090 g/mol. The molecule has 0 aliphatic heterocycles. The van der Waals surface area contributed by atoms with Crippen LogP contribution in [0.3, 0.4) is 0 Å². The summed E-state index contributed by atoms with van der Waals surface area (Å²) in [6.45, 7) is 21.6. The van der Waals surface area contributed by atoms with Gasteiger partial charge in [0.05, 0.1) is 39.5 Å². The maximum absolute atomic E-state index is 11.8. The highest BCUT2D eigenvalue weighted by molar-refractivity contribution is 7.47. The SMILES string of the molecule is CCC(C)(C)C(/C=C/C(C)=C/C=C/C(C)=C/C(=O)NCC(=O)NCC=O)=C(C)C.CCCCCCCC/C=C\CCCCCCCC.CCCCCCCC/C=C\CCCCCCCC(=O)OCCCOP(=O)(O)OCCNC(=O)CNC.CO. The van der Waals surface area contributed by atoms with Gasteiger partial charge < -0.3 is 40.8 Å². The van der Waals surface area contributed by atoms with Gasteiger partial charge in [-0.25, -0.2) is 4.57 Å². The molecule has 0 aliphatic rings. The van der Waals surface area contributed by atoms with Gasteiger partial charge in [-0.2, -0.15) is 0 Å². The third kappa shape index (κ3) is 67.1. The van der Waals surface area contributed by atoms with Crippen LogP contribution in [0.2, 0.25) is 0 Å². The number of aldehydes is 1. The summed E-state index contributed by atoms with van der Waals surface area (Å²) in [4.78, 5) is 65.9. The molecule has 0 rings (SSSR count). The molecule has 0 aromatic carbocycles. The molecule has 0 fully saturated rings. The van der Waals surface area contributed by atoms with Gasteiger partial charge in [0.2, 0.25) is 17.7 Å². The van der Waals surface area contributed by atoms with E-state index in [9.17, 15) is 33.4 Å². The molecule has 0 spiro atoms. The minimum Gasteiger partial charge on any atom is -0.466 e. The molecule has 15 nitrogen and oxygen atoms in total. The second-order valence-corrected chi connectivity index (χ2v) is 23.8. The summed E-state index contributed by atoms with van der Waals surface area (Å²) in [5.74, 6) is -1.25. The molecule has 16 heteroatoms. The average Bonchev–Trinajstić information content (AvgIpc) is 3.67. The number of rotatable bonds is 51. The van der Waals surface area contributed by atoms with Crippen LogP contribution in [0.4, 0.5) is 0 Å². The number of likely N-dealkylation sites (N-methyl/N-ethyl adjacent to an activating group) is 1. The molecule has 1 unspecified atom stereocenters. The quantitative estimate of drug-likeness (QED) is 0.00637. The predicted molar refractivity (Wildman–Crippen MR) is 357 cm³/mol. The van der Waals surface area contributed by atoms with Crippen LogP contribution in [-0.2, 0) is 42.3 Å². The third-order valence-corrected chi connectivity index (χ3v) is 14.6. The highest BCUT2D eigenvalue weighted by atomic mass is 31.2. The van der Waals surface area contributed by atoms with Gasteiger partial charge in [-0.05, 0) is 116 Å². The summed E-state index contributed by atoms with van der Waals surface area (Å²) in [5, 5.41) is 17.0. The number of hydrogen-bond acceptors (Lipinski definition) is 11. The van der Waals surface area contributed by atoms with Crippen LogP contribution in [-0.4, -0.2) is 100 Å². The Morgan fingerprint density at radius 3 is 1.46 bits per heavy atom. The summed E-state index contributed by atoms with van der Waals surface area (Å²) in [6.07, 6.45) is 58.6.